The molecule has 0 fully saturated rings. The summed E-state index contributed by atoms with van der Waals surface area (Å²) in [6.07, 6.45) is 10.5. The van der Waals surface area contributed by atoms with Crippen LogP contribution in [0.5, 0.6) is 0 Å². The van der Waals surface area contributed by atoms with E-state index in [1.807, 2.05) is 36.4 Å². The maximum absolute atomic E-state index is 13.7. The third-order valence-corrected chi connectivity index (χ3v) is 5.50. The molecular weight excluding hydrogens is 453 g/mol. The van der Waals surface area contributed by atoms with Crippen LogP contribution in [-0.2, 0) is 0 Å². The second-order valence-electron chi connectivity index (χ2n) is 7.89. The van der Waals surface area contributed by atoms with E-state index in [0.29, 0.717) is 22.2 Å². The van der Waals surface area contributed by atoms with Gasteiger partial charge in [0, 0.05) is 60.2 Å². The summed E-state index contributed by atoms with van der Waals surface area (Å²) in [6.45, 7) is 0. The van der Waals surface area contributed by atoms with Gasteiger partial charge in [-0.2, -0.15) is 0 Å². The number of hydrogen-bond donors (Lipinski definition) is 2. The molecule has 178 valence electrons. The summed E-state index contributed by atoms with van der Waals surface area (Å²) >= 11 is 0. The molecule has 0 unspecified atom stereocenters. The van der Waals surface area contributed by atoms with Gasteiger partial charge in [-0.3, -0.25) is 14.8 Å². The highest BCUT2D eigenvalue weighted by atomic mass is 19.1. The lowest BCUT2D eigenvalue weighted by molar-refractivity contribution is 0.0993. The number of aromatic nitrogens is 1. The van der Waals surface area contributed by atoms with Gasteiger partial charge in [-0.1, -0.05) is 5.92 Å². The van der Waals surface area contributed by atoms with Crippen LogP contribution in [0.1, 0.15) is 10.4 Å². The van der Waals surface area contributed by atoms with Gasteiger partial charge in [-0.05, 0) is 78.9 Å². The summed E-state index contributed by atoms with van der Waals surface area (Å²) in [5.74, 6) is 2.08. The minimum atomic E-state index is -0.328. The van der Waals surface area contributed by atoms with Crippen molar-refractivity contribution in [3.8, 4) is 12.3 Å². The van der Waals surface area contributed by atoms with E-state index in [1.54, 1.807) is 61.7 Å². The Morgan fingerprint density at radius 3 is 2.47 bits per heavy atom. The average molecular weight is 478 g/mol. The molecule has 6 nitrogen and oxygen atoms in total. The topological polar surface area (TPSA) is 69.6 Å². The first-order chi connectivity index (χ1) is 17.5. The monoisotopic (exact) mass is 477 g/mol. The molecular formula is C29H24FN5O. The van der Waals surface area contributed by atoms with Gasteiger partial charge in [0.15, 0.2) is 0 Å². The molecule has 0 aliphatic rings. The number of pyridine rings is 1. The molecule has 1 aromatic heterocycles. The first kappa shape index (κ1) is 24.2. The molecule has 0 aliphatic carbocycles. The van der Waals surface area contributed by atoms with E-state index < -0.39 is 0 Å². The molecule has 36 heavy (non-hydrogen) atoms. The van der Waals surface area contributed by atoms with Gasteiger partial charge in [-0.15, -0.1) is 6.42 Å². The van der Waals surface area contributed by atoms with E-state index in [0.717, 1.165) is 22.7 Å². The predicted octanol–water partition coefficient (Wildman–Crippen LogP) is 6.02. The van der Waals surface area contributed by atoms with Gasteiger partial charge in [0.05, 0.1) is 11.2 Å². The summed E-state index contributed by atoms with van der Waals surface area (Å²) in [5.41, 5.74) is 4.84. The van der Waals surface area contributed by atoms with Crippen molar-refractivity contribution < 1.29 is 9.18 Å². The lowest BCUT2D eigenvalue weighted by Gasteiger charge is -2.18. The number of aliphatic imine (C=N–C) groups is 1. The quantitative estimate of drug-likeness (QED) is 0.252. The number of hydrogen-bond acceptors (Lipinski definition) is 5. The van der Waals surface area contributed by atoms with Crippen molar-refractivity contribution >= 4 is 45.8 Å². The number of benzene rings is 3. The molecule has 0 atom stereocenters. The zero-order valence-corrected chi connectivity index (χ0v) is 19.9. The second-order valence-corrected chi connectivity index (χ2v) is 7.89. The van der Waals surface area contributed by atoms with E-state index in [9.17, 15) is 9.18 Å². The number of nitrogens with one attached hydrogen (secondary N) is 2. The van der Waals surface area contributed by atoms with Crippen LogP contribution in [0.3, 0.4) is 0 Å². The van der Waals surface area contributed by atoms with Crippen molar-refractivity contribution in [2.45, 2.75) is 0 Å². The Morgan fingerprint density at radius 1 is 1.06 bits per heavy atom. The smallest absolute Gasteiger partial charge is 0.258 e. The molecule has 0 radical (unpaired) electrons. The van der Waals surface area contributed by atoms with Gasteiger partial charge in [0.25, 0.3) is 5.91 Å². The molecule has 0 bridgehead atoms. The first-order valence-corrected chi connectivity index (χ1v) is 11.1. The second kappa shape index (κ2) is 11.0. The molecule has 2 N–H and O–H groups in total. The maximum atomic E-state index is 13.7. The Kier molecular flexibility index (Phi) is 7.37. The van der Waals surface area contributed by atoms with Gasteiger partial charge in [0.2, 0.25) is 0 Å². The molecule has 0 saturated carbocycles. The fourth-order valence-corrected chi connectivity index (χ4v) is 3.59. The third kappa shape index (κ3) is 5.57. The number of amides is 1. The van der Waals surface area contributed by atoms with Gasteiger partial charge in [0.1, 0.15) is 5.82 Å². The number of carbonyl (C=O) groups is 1. The highest BCUT2D eigenvalue weighted by Crippen LogP contribution is 2.26. The molecule has 4 aromatic rings. The summed E-state index contributed by atoms with van der Waals surface area (Å²) < 4.78 is 13.7. The minimum absolute atomic E-state index is 0.151. The normalized spacial score (nSPS) is 11.3. The summed E-state index contributed by atoms with van der Waals surface area (Å²) in [7, 11) is 3.39. The SMILES string of the molecule is C#C/C(=C\C=NC)Nc1ccc(N(C)C(=O)c2ccc(Nc3ccnc4ccc(F)cc34)cc2)cc1. The fourth-order valence-electron chi connectivity index (χ4n) is 3.59. The lowest BCUT2D eigenvalue weighted by Crippen LogP contribution is -2.26. The summed E-state index contributed by atoms with van der Waals surface area (Å²) in [5, 5.41) is 7.08. The number of anilines is 4. The number of carbonyl (C=O) groups excluding carboxylic acids is 1. The van der Waals surface area contributed by atoms with E-state index >= 15 is 0 Å². The van der Waals surface area contributed by atoms with Gasteiger partial charge >= 0.3 is 0 Å². The van der Waals surface area contributed by atoms with Crippen LogP contribution < -0.4 is 15.5 Å². The Labute approximate surface area is 209 Å². The van der Waals surface area contributed by atoms with E-state index in [4.69, 9.17) is 6.42 Å². The maximum Gasteiger partial charge on any atom is 0.258 e. The van der Waals surface area contributed by atoms with Crippen molar-refractivity contribution in [3.05, 3.63) is 102 Å². The predicted molar refractivity (Wildman–Crippen MR) is 146 cm³/mol. The molecule has 7 heteroatoms. The molecule has 3 aromatic carbocycles. The van der Waals surface area contributed by atoms with Crippen LogP contribution in [0.4, 0.5) is 27.1 Å². The van der Waals surface area contributed by atoms with Crippen LogP contribution in [-0.4, -0.2) is 31.2 Å². The van der Waals surface area contributed by atoms with Crippen LogP contribution in [0.25, 0.3) is 10.9 Å². The minimum Gasteiger partial charge on any atom is -0.355 e. The van der Waals surface area contributed by atoms with E-state index in [1.165, 1.54) is 12.1 Å². The van der Waals surface area contributed by atoms with Crippen LogP contribution in [0.15, 0.2) is 95.8 Å². The van der Waals surface area contributed by atoms with Gasteiger partial charge in [-0.25, -0.2) is 4.39 Å². The zero-order chi connectivity index (χ0) is 25.5. The Morgan fingerprint density at radius 2 is 1.78 bits per heavy atom. The molecule has 0 saturated heterocycles. The highest BCUT2D eigenvalue weighted by molar-refractivity contribution is 6.06. The standard InChI is InChI=1S/C29H24FN5O/c1-4-22(15-17-31-2)33-23-10-12-25(13-11-23)35(3)29(36)20-5-8-24(9-6-20)34-28-16-18-32-27-14-7-21(30)19-26(27)28/h1,5-19,33H,2-3H3,(H,32,34)/b22-15+,31-17?. The van der Waals surface area contributed by atoms with Gasteiger partial charge < -0.3 is 15.5 Å². The van der Waals surface area contributed by atoms with Crippen molar-refractivity contribution in [2.75, 3.05) is 29.6 Å². The third-order valence-electron chi connectivity index (χ3n) is 5.50. The number of fused-ring (bicyclic) bond motifs is 1. The number of halogens is 1. The largest absolute Gasteiger partial charge is 0.355 e. The number of rotatable bonds is 7. The van der Waals surface area contributed by atoms with E-state index in [2.05, 4.69) is 26.5 Å². The Bertz CT molecular complexity index is 1490. The lowest BCUT2D eigenvalue weighted by atomic mass is 10.1. The molecule has 4 rings (SSSR count). The zero-order valence-electron chi connectivity index (χ0n) is 19.9. The van der Waals surface area contributed by atoms with Crippen LogP contribution >= 0.6 is 0 Å². The van der Waals surface area contributed by atoms with Crippen LogP contribution in [0.2, 0.25) is 0 Å². The Balaban J connectivity index is 1.45. The summed E-state index contributed by atoms with van der Waals surface area (Å²) in [6, 6.07) is 20.8. The number of terminal acetylenes is 1. The molecule has 0 spiro atoms. The average Bonchev–Trinajstić information content (AvgIpc) is 2.91. The van der Waals surface area contributed by atoms with Crippen molar-refractivity contribution in [1.29, 1.82) is 0 Å². The number of nitrogens with zero attached hydrogens (tertiary/aromatic N) is 3. The number of allylic oxidation sites excluding steroid dienone is 2. The van der Waals surface area contributed by atoms with Crippen LogP contribution in [0, 0.1) is 18.2 Å². The summed E-state index contributed by atoms with van der Waals surface area (Å²) in [4.78, 5) is 22.8. The fraction of sp³-hybridized carbons (Fsp3) is 0.0690. The first-order valence-electron chi connectivity index (χ1n) is 11.1. The van der Waals surface area contributed by atoms with Crippen molar-refractivity contribution in [1.82, 2.24) is 4.98 Å². The highest BCUT2D eigenvalue weighted by Gasteiger charge is 2.14. The molecule has 1 heterocycles. The Hall–Kier alpha value is -4.96. The van der Waals surface area contributed by atoms with E-state index in [-0.39, 0.29) is 11.7 Å². The molecule has 0 aliphatic heterocycles. The molecule has 1 amide bonds. The van der Waals surface area contributed by atoms with Crippen molar-refractivity contribution in [3.63, 3.8) is 0 Å². The van der Waals surface area contributed by atoms with Crippen molar-refractivity contribution in [2.24, 2.45) is 4.99 Å².